The fraction of sp³-hybridized carbons (Fsp3) is 0.364. The van der Waals surface area contributed by atoms with Crippen LogP contribution in [0.15, 0.2) is 24.3 Å². The lowest BCUT2D eigenvalue weighted by Gasteiger charge is -2.32. The second-order valence-electron chi connectivity index (χ2n) is 4.17. The van der Waals surface area contributed by atoms with Gasteiger partial charge >= 0.3 is 0 Å². The second-order valence-corrected chi connectivity index (χ2v) is 4.17. The standard InChI is InChI=1S/C11H13NO/c1-11(2)7-8-5-3-4-6-9(8)10(13)12-11/h3-6H,7H2,1-2H3,(H,12,13). The van der Waals surface area contributed by atoms with Crippen LogP contribution in [0.4, 0.5) is 0 Å². The van der Waals surface area contributed by atoms with Crippen molar-refractivity contribution in [3.05, 3.63) is 35.4 Å². The molecular formula is C11H13NO. The molecule has 2 heteroatoms. The smallest absolute Gasteiger partial charge is 0.251 e. The lowest BCUT2D eigenvalue weighted by Crippen LogP contribution is -2.49. The normalized spacial score (nSPS) is 19.1. The number of nitrogens with one attached hydrogen (secondary N) is 1. The molecule has 0 aromatic heterocycles. The van der Waals surface area contributed by atoms with Crippen LogP contribution < -0.4 is 5.32 Å². The predicted molar refractivity (Wildman–Crippen MR) is 51.7 cm³/mol. The molecule has 1 heterocycles. The molecule has 13 heavy (non-hydrogen) atoms. The minimum Gasteiger partial charge on any atom is -0.347 e. The number of hydrogen-bond acceptors (Lipinski definition) is 1. The van der Waals surface area contributed by atoms with Crippen LogP contribution in [0.3, 0.4) is 0 Å². The Morgan fingerprint density at radius 2 is 2.00 bits per heavy atom. The van der Waals surface area contributed by atoms with E-state index < -0.39 is 0 Å². The summed E-state index contributed by atoms with van der Waals surface area (Å²) in [6, 6.07) is 7.78. The molecule has 1 aliphatic rings. The van der Waals surface area contributed by atoms with Crippen molar-refractivity contribution in [3.8, 4) is 0 Å². The monoisotopic (exact) mass is 175 g/mol. The Morgan fingerprint density at radius 1 is 1.31 bits per heavy atom. The highest BCUT2D eigenvalue weighted by Gasteiger charge is 2.28. The van der Waals surface area contributed by atoms with E-state index >= 15 is 0 Å². The van der Waals surface area contributed by atoms with Crippen molar-refractivity contribution in [1.29, 1.82) is 0 Å². The van der Waals surface area contributed by atoms with Gasteiger partial charge in [-0.3, -0.25) is 4.79 Å². The molecule has 68 valence electrons. The Kier molecular flexibility index (Phi) is 1.65. The molecule has 0 spiro atoms. The van der Waals surface area contributed by atoms with Gasteiger partial charge in [0.1, 0.15) is 0 Å². The lowest BCUT2D eigenvalue weighted by molar-refractivity contribution is 0.0897. The summed E-state index contributed by atoms with van der Waals surface area (Å²) in [5.41, 5.74) is 1.86. The average molecular weight is 175 g/mol. The van der Waals surface area contributed by atoms with E-state index in [2.05, 4.69) is 5.32 Å². The molecule has 0 unspecified atom stereocenters. The fourth-order valence-electron chi connectivity index (χ4n) is 1.79. The molecule has 0 radical (unpaired) electrons. The minimum atomic E-state index is -0.106. The first-order valence-corrected chi connectivity index (χ1v) is 4.49. The molecular weight excluding hydrogens is 162 g/mol. The molecule has 1 aliphatic heterocycles. The van der Waals surface area contributed by atoms with E-state index in [1.54, 1.807) is 0 Å². The van der Waals surface area contributed by atoms with Crippen molar-refractivity contribution in [2.45, 2.75) is 25.8 Å². The van der Waals surface area contributed by atoms with E-state index in [0.29, 0.717) is 0 Å². The number of rotatable bonds is 0. The van der Waals surface area contributed by atoms with Gasteiger partial charge < -0.3 is 5.32 Å². The summed E-state index contributed by atoms with van der Waals surface area (Å²) in [5.74, 6) is 0.0480. The molecule has 0 atom stereocenters. The lowest BCUT2D eigenvalue weighted by atomic mass is 9.87. The largest absolute Gasteiger partial charge is 0.347 e. The van der Waals surface area contributed by atoms with Crippen molar-refractivity contribution >= 4 is 5.91 Å². The highest BCUT2D eigenvalue weighted by molar-refractivity contribution is 5.97. The van der Waals surface area contributed by atoms with Gasteiger partial charge in [-0.2, -0.15) is 0 Å². The maximum Gasteiger partial charge on any atom is 0.251 e. The molecule has 2 nitrogen and oxygen atoms in total. The van der Waals surface area contributed by atoms with Gasteiger partial charge in [0.05, 0.1) is 0 Å². The first-order valence-electron chi connectivity index (χ1n) is 4.49. The summed E-state index contributed by atoms with van der Waals surface area (Å²) in [4.78, 5) is 11.6. The van der Waals surface area contributed by atoms with Crippen molar-refractivity contribution < 1.29 is 4.79 Å². The van der Waals surface area contributed by atoms with E-state index in [4.69, 9.17) is 0 Å². The fourth-order valence-corrected chi connectivity index (χ4v) is 1.79. The maximum atomic E-state index is 11.6. The average Bonchev–Trinajstić information content (AvgIpc) is 2.02. The molecule has 0 fully saturated rings. The molecule has 1 N–H and O–H groups in total. The van der Waals surface area contributed by atoms with Crippen LogP contribution in [0.25, 0.3) is 0 Å². The predicted octanol–water partition coefficient (Wildman–Crippen LogP) is 1.75. The zero-order chi connectivity index (χ0) is 9.47. The highest BCUT2D eigenvalue weighted by atomic mass is 16.1. The highest BCUT2D eigenvalue weighted by Crippen LogP contribution is 2.22. The first kappa shape index (κ1) is 8.30. The van der Waals surface area contributed by atoms with Crippen LogP contribution >= 0.6 is 0 Å². The number of amides is 1. The maximum absolute atomic E-state index is 11.6. The van der Waals surface area contributed by atoms with Crippen molar-refractivity contribution in [2.75, 3.05) is 0 Å². The number of fused-ring (bicyclic) bond motifs is 1. The van der Waals surface area contributed by atoms with Gasteiger partial charge in [0.25, 0.3) is 5.91 Å². The molecule has 0 aliphatic carbocycles. The van der Waals surface area contributed by atoms with Gasteiger partial charge in [-0.15, -0.1) is 0 Å². The van der Waals surface area contributed by atoms with Crippen LogP contribution in [0.5, 0.6) is 0 Å². The number of carbonyl (C=O) groups excluding carboxylic acids is 1. The molecule has 1 aromatic carbocycles. The van der Waals surface area contributed by atoms with E-state index in [1.165, 1.54) is 0 Å². The summed E-state index contributed by atoms with van der Waals surface area (Å²) in [7, 11) is 0. The Hall–Kier alpha value is -1.31. The second kappa shape index (κ2) is 2.59. The third kappa shape index (κ3) is 1.44. The summed E-state index contributed by atoms with van der Waals surface area (Å²) < 4.78 is 0. The third-order valence-electron chi connectivity index (χ3n) is 2.35. The molecule has 1 aromatic rings. The number of carbonyl (C=O) groups is 1. The third-order valence-corrected chi connectivity index (χ3v) is 2.35. The van der Waals surface area contributed by atoms with Crippen LogP contribution in [0, 0.1) is 0 Å². The number of benzene rings is 1. The van der Waals surface area contributed by atoms with E-state index in [9.17, 15) is 4.79 Å². The molecule has 2 rings (SSSR count). The van der Waals surface area contributed by atoms with Gasteiger partial charge in [0.2, 0.25) is 0 Å². The topological polar surface area (TPSA) is 29.1 Å². The Morgan fingerprint density at radius 3 is 2.77 bits per heavy atom. The molecule has 0 bridgehead atoms. The van der Waals surface area contributed by atoms with E-state index in [-0.39, 0.29) is 11.4 Å². The van der Waals surface area contributed by atoms with Gasteiger partial charge in [-0.05, 0) is 31.9 Å². The quantitative estimate of drug-likeness (QED) is 0.639. The van der Waals surface area contributed by atoms with Gasteiger partial charge in [-0.1, -0.05) is 18.2 Å². The Bertz CT molecular complexity index is 355. The summed E-state index contributed by atoms with van der Waals surface area (Å²) in [5, 5.41) is 2.97. The van der Waals surface area contributed by atoms with Gasteiger partial charge in [-0.25, -0.2) is 0 Å². The van der Waals surface area contributed by atoms with Crippen LogP contribution in [0.2, 0.25) is 0 Å². The molecule has 1 amide bonds. The zero-order valence-corrected chi connectivity index (χ0v) is 7.92. The summed E-state index contributed by atoms with van der Waals surface area (Å²) >= 11 is 0. The number of hydrogen-bond donors (Lipinski definition) is 1. The van der Waals surface area contributed by atoms with Gasteiger partial charge in [0, 0.05) is 11.1 Å². The van der Waals surface area contributed by atoms with E-state index in [0.717, 1.165) is 17.5 Å². The van der Waals surface area contributed by atoms with E-state index in [1.807, 2.05) is 38.1 Å². The van der Waals surface area contributed by atoms with Crippen molar-refractivity contribution in [2.24, 2.45) is 0 Å². The Labute approximate surface area is 78.0 Å². The van der Waals surface area contributed by atoms with Crippen molar-refractivity contribution in [3.63, 3.8) is 0 Å². The first-order chi connectivity index (χ1) is 6.08. The van der Waals surface area contributed by atoms with Crippen LogP contribution in [0.1, 0.15) is 29.8 Å². The SMILES string of the molecule is CC1(C)Cc2ccccc2C(=O)N1. The van der Waals surface area contributed by atoms with Crippen LogP contribution in [-0.4, -0.2) is 11.4 Å². The Balaban J connectivity index is 2.49. The zero-order valence-electron chi connectivity index (χ0n) is 7.92. The van der Waals surface area contributed by atoms with Gasteiger partial charge in [0.15, 0.2) is 0 Å². The van der Waals surface area contributed by atoms with Crippen molar-refractivity contribution in [1.82, 2.24) is 5.32 Å². The summed E-state index contributed by atoms with van der Waals surface area (Å²) in [6.07, 6.45) is 0.912. The summed E-state index contributed by atoms with van der Waals surface area (Å²) in [6.45, 7) is 4.08. The van der Waals surface area contributed by atoms with Crippen LogP contribution in [-0.2, 0) is 6.42 Å². The minimum absolute atomic E-state index is 0.0480. The molecule has 0 saturated heterocycles. The molecule has 0 saturated carbocycles.